The van der Waals surface area contributed by atoms with E-state index in [2.05, 4.69) is 43.4 Å². The summed E-state index contributed by atoms with van der Waals surface area (Å²) in [4.78, 5) is 1.27. The van der Waals surface area contributed by atoms with E-state index >= 15 is 0 Å². The molecule has 2 aromatic carbocycles. The summed E-state index contributed by atoms with van der Waals surface area (Å²) in [5.41, 5.74) is 2.34. The van der Waals surface area contributed by atoms with Crippen LogP contribution in [0.1, 0.15) is 24.1 Å². The smallest absolute Gasteiger partial charge is 0.0455 e. The number of nitrogens with one attached hydrogen (secondary N) is 1. The maximum Gasteiger partial charge on any atom is 0.0455 e. The van der Waals surface area contributed by atoms with E-state index < -0.39 is 0 Å². The Bertz CT molecular complexity index is 601. The van der Waals surface area contributed by atoms with Crippen molar-refractivity contribution in [1.82, 2.24) is 5.32 Å². The molecule has 0 aliphatic rings. The molecular weight excluding hydrogens is 321 g/mol. The first-order valence-electron chi connectivity index (χ1n) is 6.98. The van der Waals surface area contributed by atoms with Crippen molar-refractivity contribution in [2.75, 3.05) is 12.3 Å². The molecule has 1 nitrogen and oxygen atoms in total. The number of aryl methyl sites for hydroxylation is 1. The van der Waals surface area contributed by atoms with Crippen molar-refractivity contribution in [3.8, 4) is 0 Å². The summed E-state index contributed by atoms with van der Waals surface area (Å²) in [7, 11) is 0. The van der Waals surface area contributed by atoms with Gasteiger partial charge in [-0.1, -0.05) is 47.8 Å². The maximum absolute atomic E-state index is 6.33. The molecule has 112 valence electrons. The first-order valence-corrected chi connectivity index (χ1v) is 8.72. The second kappa shape index (κ2) is 8.09. The lowest BCUT2D eigenvalue weighted by Crippen LogP contribution is -2.23. The van der Waals surface area contributed by atoms with Crippen LogP contribution in [0.3, 0.4) is 0 Å². The lowest BCUT2D eigenvalue weighted by Gasteiger charge is -2.19. The largest absolute Gasteiger partial charge is 0.309 e. The first-order chi connectivity index (χ1) is 10.1. The number of hydrogen-bond acceptors (Lipinski definition) is 2. The Balaban J connectivity index is 2.13. The van der Waals surface area contributed by atoms with Crippen molar-refractivity contribution in [2.45, 2.75) is 24.8 Å². The fraction of sp³-hybridized carbons (Fsp3) is 0.294. The fourth-order valence-electron chi connectivity index (χ4n) is 2.17. The van der Waals surface area contributed by atoms with Gasteiger partial charge in [-0.05, 0) is 49.4 Å². The van der Waals surface area contributed by atoms with Gasteiger partial charge in [-0.3, -0.25) is 0 Å². The molecule has 1 atom stereocenters. The average Bonchev–Trinajstić information content (AvgIpc) is 2.46. The van der Waals surface area contributed by atoms with Gasteiger partial charge in [0.25, 0.3) is 0 Å². The highest BCUT2D eigenvalue weighted by atomic mass is 35.5. The molecule has 0 aromatic heterocycles. The van der Waals surface area contributed by atoms with Crippen LogP contribution < -0.4 is 5.32 Å². The fourth-order valence-corrected chi connectivity index (χ4v) is 3.70. The Labute approximate surface area is 141 Å². The number of halogens is 2. The topological polar surface area (TPSA) is 12.0 Å². The van der Waals surface area contributed by atoms with Crippen molar-refractivity contribution in [3.05, 3.63) is 63.6 Å². The van der Waals surface area contributed by atoms with Crippen LogP contribution in [-0.2, 0) is 0 Å². The molecular formula is C17H19Cl2NS. The van der Waals surface area contributed by atoms with Gasteiger partial charge in [0.2, 0.25) is 0 Å². The summed E-state index contributed by atoms with van der Waals surface area (Å²) >= 11 is 14.3. The number of hydrogen-bond donors (Lipinski definition) is 1. The summed E-state index contributed by atoms with van der Waals surface area (Å²) in [6, 6.07) is 14.4. The summed E-state index contributed by atoms with van der Waals surface area (Å²) in [5.74, 6) is 0.914. The zero-order valence-electron chi connectivity index (χ0n) is 12.2. The normalized spacial score (nSPS) is 12.4. The Morgan fingerprint density at radius 3 is 2.67 bits per heavy atom. The molecule has 0 amide bonds. The molecule has 2 aromatic rings. The van der Waals surface area contributed by atoms with Gasteiger partial charge in [0.1, 0.15) is 0 Å². The minimum atomic E-state index is 0.187. The van der Waals surface area contributed by atoms with Gasteiger partial charge < -0.3 is 5.32 Å². The van der Waals surface area contributed by atoms with Gasteiger partial charge in [-0.25, -0.2) is 0 Å². The van der Waals surface area contributed by atoms with E-state index in [1.807, 2.05) is 30.0 Å². The standard InChI is InChI=1S/C17H19Cl2NS/c1-3-20-17(15-10-13(18)7-8-16(15)19)11-21-14-6-4-5-12(2)9-14/h4-10,17,20H,3,11H2,1-2H3. The molecule has 0 bridgehead atoms. The van der Waals surface area contributed by atoms with E-state index in [9.17, 15) is 0 Å². The van der Waals surface area contributed by atoms with Crippen LogP contribution >= 0.6 is 35.0 Å². The van der Waals surface area contributed by atoms with Crippen molar-refractivity contribution in [2.24, 2.45) is 0 Å². The third-order valence-electron chi connectivity index (χ3n) is 3.19. The van der Waals surface area contributed by atoms with E-state index in [0.29, 0.717) is 0 Å². The van der Waals surface area contributed by atoms with Crippen LogP contribution in [0.4, 0.5) is 0 Å². The monoisotopic (exact) mass is 339 g/mol. The van der Waals surface area contributed by atoms with E-state index in [4.69, 9.17) is 23.2 Å². The third-order valence-corrected chi connectivity index (χ3v) is 4.86. The van der Waals surface area contributed by atoms with Crippen molar-refractivity contribution in [3.63, 3.8) is 0 Å². The van der Waals surface area contributed by atoms with Gasteiger partial charge in [0, 0.05) is 26.7 Å². The Kier molecular flexibility index (Phi) is 6.43. The van der Waals surface area contributed by atoms with Crippen molar-refractivity contribution >= 4 is 35.0 Å². The van der Waals surface area contributed by atoms with Crippen molar-refractivity contribution in [1.29, 1.82) is 0 Å². The van der Waals surface area contributed by atoms with Crippen LogP contribution in [0.2, 0.25) is 10.0 Å². The molecule has 4 heteroatoms. The molecule has 0 fully saturated rings. The zero-order chi connectivity index (χ0) is 15.2. The predicted molar refractivity (Wildman–Crippen MR) is 94.8 cm³/mol. The van der Waals surface area contributed by atoms with Crippen molar-refractivity contribution < 1.29 is 0 Å². The number of rotatable bonds is 6. The lowest BCUT2D eigenvalue weighted by atomic mass is 10.1. The van der Waals surface area contributed by atoms with Crippen LogP contribution in [-0.4, -0.2) is 12.3 Å². The molecule has 0 saturated heterocycles. The SMILES string of the molecule is CCNC(CSc1cccc(C)c1)c1cc(Cl)ccc1Cl. The highest BCUT2D eigenvalue weighted by molar-refractivity contribution is 7.99. The summed E-state index contributed by atoms with van der Waals surface area (Å²) in [6.07, 6.45) is 0. The number of thioether (sulfide) groups is 1. The second-order valence-electron chi connectivity index (χ2n) is 4.90. The Morgan fingerprint density at radius 2 is 1.95 bits per heavy atom. The van der Waals surface area contributed by atoms with Crippen LogP contribution in [0, 0.1) is 6.92 Å². The van der Waals surface area contributed by atoms with E-state index in [0.717, 1.165) is 27.9 Å². The highest BCUT2D eigenvalue weighted by Gasteiger charge is 2.15. The first kappa shape index (κ1) is 16.7. The molecule has 2 rings (SSSR count). The zero-order valence-corrected chi connectivity index (χ0v) is 14.5. The molecule has 0 spiro atoms. The lowest BCUT2D eigenvalue weighted by molar-refractivity contribution is 0.606. The van der Waals surface area contributed by atoms with Gasteiger partial charge in [-0.15, -0.1) is 11.8 Å². The molecule has 0 heterocycles. The third kappa shape index (κ3) is 4.93. The van der Waals surface area contributed by atoms with Crippen LogP contribution in [0.5, 0.6) is 0 Å². The molecule has 1 N–H and O–H groups in total. The minimum Gasteiger partial charge on any atom is -0.309 e. The molecule has 0 saturated carbocycles. The predicted octanol–water partition coefficient (Wildman–Crippen LogP) is 5.74. The summed E-state index contributed by atoms with van der Waals surface area (Å²) < 4.78 is 0. The van der Waals surface area contributed by atoms with Gasteiger partial charge in [0.15, 0.2) is 0 Å². The van der Waals surface area contributed by atoms with E-state index in [1.54, 1.807) is 0 Å². The molecule has 0 radical (unpaired) electrons. The van der Waals surface area contributed by atoms with Crippen LogP contribution in [0.15, 0.2) is 47.4 Å². The maximum atomic E-state index is 6.33. The quantitative estimate of drug-likeness (QED) is 0.673. The molecule has 1 unspecified atom stereocenters. The molecule has 0 aliphatic carbocycles. The van der Waals surface area contributed by atoms with Gasteiger partial charge in [0.05, 0.1) is 0 Å². The summed E-state index contributed by atoms with van der Waals surface area (Å²) in [6.45, 7) is 5.10. The average molecular weight is 340 g/mol. The van der Waals surface area contributed by atoms with E-state index in [-0.39, 0.29) is 6.04 Å². The van der Waals surface area contributed by atoms with E-state index in [1.165, 1.54) is 10.5 Å². The molecule has 0 aliphatic heterocycles. The second-order valence-corrected chi connectivity index (χ2v) is 6.84. The molecule has 21 heavy (non-hydrogen) atoms. The van der Waals surface area contributed by atoms with Gasteiger partial charge >= 0.3 is 0 Å². The summed E-state index contributed by atoms with van der Waals surface area (Å²) in [5, 5.41) is 4.97. The highest BCUT2D eigenvalue weighted by Crippen LogP contribution is 2.31. The Hall–Kier alpha value is -0.670. The van der Waals surface area contributed by atoms with Gasteiger partial charge in [-0.2, -0.15) is 0 Å². The number of benzene rings is 2. The Morgan fingerprint density at radius 1 is 1.14 bits per heavy atom. The minimum absolute atomic E-state index is 0.187. The van der Waals surface area contributed by atoms with Crippen LogP contribution in [0.25, 0.3) is 0 Å².